The first-order valence-corrected chi connectivity index (χ1v) is 7.19. The molecule has 6 heteroatoms. The number of aromatic hydroxyl groups is 1. The molecule has 0 amide bonds. The molecule has 3 aromatic rings. The summed E-state index contributed by atoms with van der Waals surface area (Å²) in [7, 11) is 0. The molecular formula is C13H9BrN2O2S. The van der Waals surface area contributed by atoms with Crippen molar-refractivity contribution in [1.82, 2.24) is 10.1 Å². The molecule has 2 heterocycles. The number of aryl methyl sites for hydroxylation is 1. The zero-order valence-electron chi connectivity index (χ0n) is 9.92. The molecule has 96 valence electrons. The fourth-order valence-corrected chi connectivity index (χ4v) is 3.04. The summed E-state index contributed by atoms with van der Waals surface area (Å²) in [6, 6.07) is 7.25. The second-order valence-corrected chi connectivity index (χ2v) is 5.90. The van der Waals surface area contributed by atoms with E-state index in [2.05, 4.69) is 26.1 Å². The molecule has 2 aromatic heterocycles. The largest absolute Gasteiger partial charge is 0.507 e. The van der Waals surface area contributed by atoms with Gasteiger partial charge < -0.3 is 9.63 Å². The monoisotopic (exact) mass is 336 g/mol. The van der Waals surface area contributed by atoms with E-state index < -0.39 is 0 Å². The number of hydrogen-bond acceptors (Lipinski definition) is 5. The molecule has 0 aliphatic carbocycles. The Morgan fingerprint density at radius 1 is 1.32 bits per heavy atom. The minimum absolute atomic E-state index is 0.141. The number of aromatic nitrogens is 2. The first-order chi connectivity index (χ1) is 9.13. The highest BCUT2D eigenvalue weighted by molar-refractivity contribution is 9.10. The van der Waals surface area contributed by atoms with Crippen LogP contribution in [0.4, 0.5) is 0 Å². The lowest BCUT2D eigenvalue weighted by Crippen LogP contribution is -1.81. The maximum Gasteiger partial charge on any atom is 0.262 e. The number of hydrogen-bond donors (Lipinski definition) is 1. The third-order valence-electron chi connectivity index (χ3n) is 2.60. The van der Waals surface area contributed by atoms with E-state index in [0.29, 0.717) is 17.3 Å². The zero-order valence-corrected chi connectivity index (χ0v) is 12.3. The molecule has 0 atom stereocenters. The van der Waals surface area contributed by atoms with Gasteiger partial charge in [-0.3, -0.25) is 0 Å². The first kappa shape index (κ1) is 12.4. The molecule has 0 aliphatic rings. The summed E-state index contributed by atoms with van der Waals surface area (Å²) in [5.41, 5.74) is 1.52. The Balaban J connectivity index is 2.01. The van der Waals surface area contributed by atoms with Crippen molar-refractivity contribution in [2.75, 3.05) is 0 Å². The van der Waals surface area contributed by atoms with Crippen LogP contribution in [0.1, 0.15) is 5.56 Å². The van der Waals surface area contributed by atoms with Gasteiger partial charge in [-0.15, -0.1) is 11.3 Å². The van der Waals surface area contributed by atoms with Crippen LogP contribution in [0.2, 0.25) is 0 Å². The summed E-state index contributed by atoms with van der Waals surface area (Å²) in [4.78, 5) is 5.22. The highest BCUT2D eigenvalue weighted by atomic mass is 79.9. The summed E-state index contributed by atoms with van der Waals surface area (Å²) in [5.74, 6) is 0.977. The zero-order chi connectivity index (χ0) is 13.4. The minimum Gasteiger partial charge on any atom is -0.507 e. The number of thiophene rings is 1. The lowest BCUT2D eigenvalue weighted by atomic mass is 10.1. The molecule has 0 fully saturated rings. The first-order valence-electron chi connectivity index (χ1n) is 5.51. The molecule has 0 saturated heterocycles. The van der Waals surface area contributed by atoms with Gasteiger partial charge in [0.05, 0.1) is 10.4 Å². The summed E-state index contributed by atoms with van der Waals surface area (Å²) in [6.07, 6.45) is 0. The average Bonchev–Trinajstić information content (AvgIpc) is 2.97. The number of nitrogens with zero attached hydrogens (tertiary/aromatic N) is 2. The average molecular weight is 337 g/mol. The van der Waals surface area contributed by atoms with Crippen LogP contribution in [0.25, 0.3) is 22.2 Å². The molecule has 0 bridgehead atoms. The van der Waals surface area contributed by atoms with E-state index in [9.17, 15) is 5.11 Å². The summed E-state index contributed by atoms with van der Waals surface area (Å²) < 4.78 is 6.19. The van der Waals surface area contributed by atoms with E-state index in [1.165, 1.54) is 11.3 Å². The number of benzene rings is 1. The molecule has 0 radical (unpaired) electrons. The smallest absolute Gasteiger partial charge is 0.262 e. The van der Waals surface area contributed by atoms with Gasteiger partial charge in [0.2, 0.25) is 5.82 Å². The second kappa shape index (κ2) is 4.79. The Morgan fingerprint density at radius 3 is 2.84 bits per heavy atom. The predicted octanol–water partition coefficient (Wildman–Crippen LogP) is 4.24. The number of halogens is 1. The molecule has 19 heavy (non-hydrogen) atoms. The number of rotatable bonds is 2. The van der Waals surface area contributed by atoms with Crippen molar-refractivity contribution in [3.8, 4) is 27.9 Å². The van der Waals surface area contributed by atoms with E-state index in [-0.39, 0.29) is 5.75 Å². The highest BCUT2D eigenvalue weighted by Crippen LogP contribution is 2.32. The molecular weight excluding hydrogens is 328 g/mol. The van der Waals surface area contributed by atoms with Crippen LogP contribution >= 0.6 is 27.3 Å². The van der Waals surface area contributed by atoms with Crippen LogP contribution in [-0.4, -0.2) is 15.2 Å². The van der Waals surface area contributed by atoms with Gasteiger partial charge in [-0.25, -0.2) is 0 Å². The quantitative estimate of drug-likeness (QED) is 0.760. The van der Waals surface area contributed by atoms with Crippen molar-refractivity contribution in [1.29, 1.82) is 0 Å². The second-order valence-electron chi connectivity index (χ2n) is 4.07. The van der Waals surface area contributed by atoms with Gasteiger partial charge in [0, 0.05) is 9.85 Å². The van der Waals surface area contributed by atoms with Gasteiger partial charge in [-0.05, 0) is 46.6 Å². The molecule has 4 nitrogen and oxygen atoms in total. The lowest BCUT2D eigenvalue weighted by Gasteiger charge is -1.99. The van der Waals surface area contributed by atoms with Crippen LogP contribution in [0.5, 0.6) is 5.75 Å². The normalized spacial score (nSPS) is 10.8. The molecule has 0 spiro atoms. The summed E-state index contributed by atoms with van der Waals surface area (Å²) >= 11 is 4.91. The lowest BCUT2D eigenvalue weighted by molar-refractivity contribution is 0.426. The highest BCUT2D eigenvalue weighted by Gasteiger charge is 2.14. The molecule has 1 N–H and O–H groups in total. The van der Waals surface area contributed by atoms with Crippen molar-refractivity contribution in [2.24, 2.45) is 0 Å². The van der Waals surface area contributed by atoms with Crippen molar-refractivity contribution in [3.63, 3.8) is 0 Å². The number of phenolic OH excluding ortho intramolecular Hbond substituents is 1. The molecule has 1 aromatic carbocycles. The minimum atomic E-state index is 0.141. The van der Waals surface area contributed by atoms with Crippen molar-refractivity contribution < 1.29 is 9.63 Å². The Labute approximate surface area is 121 Å². The maximum atomic E-state index is 9.90. The number of phenols is 1. The summed E-state index contributed by atoms with van der Waals surface area (Å²) in [6.45, 7) is 1.91. The fraction of sp³-hybridized carbons (Fsp3) is 0.0769. The Kier molecular flexibility index (Phi) is 3.12. The fourth-order valence-electron chi connectivity index (χ4n) is 1.69. The van der Waals surface area contributed by atoms with E-state index in [1.807, 2.05) is 24.4 Å². The molecule has 3 rings (SSSR count). The van der Waals surface area contributed by atoms with Gasteiger partial charge in [-0.2, -0.15) is 4.98 Å². The SMILES string of the molecule is Cc1ccc(-c2nc(-c3cc(Br)cs3)no2)c(O)c1. The van der Waals surface area contributed by atoms with Gasteiger partial charge in [0.25, 0.3) is 5.89 Å². The topological polar surface area (TPSA) is 59.2 Å². The van der Waals surface area contributed by atoms with E-state index >= 15 is 0 Å². The molecule has 0 aliphatic heterocycles. The molecule has 0 unspecified atom stereocenters. The van der Waals surface area contributed by atoms with Gasteiger partial charge in [0.15, 0.2) is 0 Å². The van der Waals surface area contributed by atoms with Crippen molar-refractivity contribution in [2.45, 2.75) is 6.92 Å². The van der Waals surface area contributed by atoms with Gasteiger partial charge in [-0.1, -0.05) is 11.2 Å². The Bertz CT molecular complexity index is 736. The van der Waals surface area contributed by atoms with Gasteiger partial charge >= 0.3 is 0 Å². The van der Waals surface area contributed by atoms with E-state index in [1.54, 1.807) is 12.1 Å². The third-order valence-corrected chi connectivity index (χ3v) is 4.28. The summed E-state index contributed by atoms with van der Waals surface area (Å²) in [5, 5.41) is 15.8. The van der Waals surface area contributed by atoms with Crippen LogP contribution in [0, 0.1) is 6.92 Å². The van der Waals surface area contributed by atoms with Crippen LogP contribution in [0.3, 0.4) is 0 Å². The Hall–Kier alpha value is -1.66. The maximum absolute atomic E-state index is 9.90. The van der Waals surface area contributed by atoms with Crippen LogP contribution in [-0.2, 0) is 0 Å². The predicted molar refractivity (Wildman–Crippen MR) is 77.1 cm³/mol. The Morgan fingerprint density at radius 2 is 2.16 bits per heavy atom. The van der Waals surface area contributed by atoms with Crippen LogP contribution < -0.4 is 0 Å². The van der Waals surface area contributed by atoms with Crippen molar-refractivity contribution in [3.05, 3.63) is 39.7 Å². The standard InChI is InChI=1S/C13H9BrN2O2S/c1-7-2-3-9(10(17)4-7)13-15-12(16-18-13)11-5-8(14)6-19-11/h2-6,17H,1H3. The van der Waals surface area contributed by atoms with Crippen molar-refractivity contribution >= 4 is 27.3 Å². The third kappa shape index (κ3) is 2.41. The van der Waals surface area contributed by atoms with Crippen LogP contribution in [0.15, 0.2) is 38.6 Å². The van der Waals surface area contributed by atoms with E-state index in [4.69, 9.17) is 4.52 Å². The van der Waals surface area contributed by atoms with E-state index in [0.717, 1.165) is 14.9 Å². The van der Waals surface area contributed by atoms with Gasteiger partial charge in [0.1, 0.15) is 5.75 Å². The molecule has 0 saturated carbocycles.